The topological polar surface area (TPSA) is 117 Å². The first kappa shape index (κ1) is 24.2. The summed E-state index contributed by atoms with van der Waals surface area (Å²) in [6.45, 7) is 0. The van der Waals surface area contributed by atoms with E-state index in [0.29, 0.717) is 46.1 Å². The number of H-pyrrole nitrogens is 1. The molecule has 1 atom stereocenters. The molecule has 2 aromatic heterocycles. The van der Waals surface area contributed by atoms with Crippen molar-refractivity contribution in [2.45, 2.75) is 10.5 Å². The van der Waals surface area contributed by atoms with Gasteiger partial charge in [-0.1, -0.05) is 0 Å². The molecule has 0 radical (unpaired) electrons. The van der Waals surface area contributed by atoms with Gasteiger partial charge in [-0.3, -0.25) is 0 Å². The van der Waals surface area contributed by atoms with Gasteiger partial charge in [0.25, 0.3) is 0 Å². The first-order chi connectivity index (χ1) is 16.0. The molecule has 174 valence electrons. The number of aromatic amines is 1. The van der Waals surface area contributed by atoms with E-state index < -0.39 is 27.0 Å². The number of amides is 2. The second-order valence-corrected chi connectivity index (χ2v) is 10.8. The molecule has 9 nitrogen and oxygen atoms in total. The Bertz CT molecular complexity index is 1220. The van der Waals surface area contributed by atoms with Crippen molar-refractivity contribution in [2.75, 3.05) is 12.4 Å². The number of aromatic nitrogens is 2. The monoisotopic (exact) mass is 790 g/mol. The number of alkyl halides is 1. The summed E-state index contributed by atoms with van der Waals surface area (Å²) in [5.74, 6) is -0.349. The zero-order valence-electron chi connectivity index (χ0n) is 16.8. The Balaban J connectivity index is 1.85. The second-order valence-electron chi connectivity index (χ2n) is 6.75. The van der Waals surface area contributed by atoms with Crippen molar-refractivity contribution in [1.82, 2.24) is 18.8 Å². The Morgan fingerprint density at radius 1 is 1.36 bits per heavy atom. The van der Waals surface area contributed by atoms with E-state index in [9.17, 15) is 14.0 Å². The summed E-state index contributed by atoms with van der Waals surface area (Å²) < 4.78 is 27.3. The van der Waals surface area contributed by atoms with Gasteiger partial charge < -0.3 is 0 Å². The van der Waals surface area contributed by atoms with Crippen LogP contribution in [0.4, 0.5) is 20.6 Å². The van der Waals surface area contributed by atoms with Crippen molar-refractivity contribution in [3.05, 3.63) is 53.7 Å². The number of benzene rings is 1. The van der Waals surface area contributed by atoms with Gasteiger partial charge in [-0.25, -0.2) is 0 Å². The first-order valence-electron chi connectivity index (χ1n) is 9.39. The molecular formula is C20H16FI3N5O4-. The average Bonchev–Trinajstić information content (AvgIpc) is 3.17. The van der Waals surface area contributed by atoms with Gasteiger partial charge in [0.1, 0.15) is 0 Å². The molecule has 3 aromatic rings. The van der Waals surface area contributed by atoms with Crippen LogP contribution in [0.5, 0.6) is 11.5 Å². The fourth-order valence-electron chi connectivity index (χ4n) is 3.53. The molecule has 33 heavy (non-hydrogen) atoms. The summed E-state index contributed by atoms with van der Waals surface area (Å²) in [6, 6.07) is 6.26. The zero-order chi connectivity index (χ0) is 23.5. The van der Waals surface area contributed by atoms with Crippen LogP contribution in [0, 0.1) is 5.82 Å². The normalized spacial score (nSPS) is 14.9. The summed E-state index contributed by atoms with van der Waals surface area (Å²) in [7, 11) is 1.38. The average molecular weight is 790 g/mol. The van der Waals surface area contributed by atoms with Crippen LogP contribution in [0.3, 0.4) is 0 Å². The predicted octanol–water partition coefficient (Wildman–Crippen LogP) is 1.46. The number of para-hydroxylation sites is 1. The third-order valence-electron chi connectivity index (χ3n) is 4.85. The third kappa shape index (κ3) is 4.98. The Hall–Kier alpha value is -1.89. The van der Waals surface area contributed by atoms with Crippen molar-refractivity contribution in [3.8, 4) is 22.8 Å². The van der Waals surface area contributed by atoms with Crippen molar-refractivity contribution < 1.29 is 43.0 Å². The molecule has 13 heteroatoms. The number of halogens is 4. The number of ether oxygens (including phenoxy) is 1. The van der Waals surface area contributed by atoms with Crippen LogP contribution in [0.25, 0.3) is 11.3 Å². The number of fused-ring (bicyclic) bond motifs is 1. The first-order valence-corrected chi connectivity index (χ1v) is 13.7. The number of carbonyl (C=O) groups is 2. The quantitative estimate of drug-likeness (QED) is 0.0949. The molecule has 0 spiro atoms. The summed E-state index contributed by atoms with van der Waals surface area (Å²) >= 11 is 2.59. The SMILES string of the molecule is COc1c(F)cccc1Nc1c(-c2ccncc2OI)[nH]c2c1C(=O)N[C@H]([I-]C(=O)NI)C2. The zero-order valence-corrected chi connectivity index (χ0v) is 23.3. The molecule has 0 fully saturated rings. The standard InChI is InChI=1S/C20H16FI3N5O4/c1-32-18-10(21)3-2-4-11(18)26-17-15-12(7-14(28-19(15)30)24-20(31)29-22)27-16(17)9-5-6-25-8-13(9)33-23/h2-6,8,14,26-27H,7H2,1H3,(H,28,30)(H,29,31)/q-1/t14-/m0/s1. The van der Waals surface area contributed by atoms with E-state index in [1.165, 1.54) is 13.2 Å². The number of pyridine rings is 1. The molecule has 2 amide bonds. The molecule has 1 aliphatic heterocycles. The number of nitrogens with zero attached hydrogens (tertiary/aromatic N) is 1. The minimum atomic E-state index is -0.975. The van der Waals surface area contributed by atoms with E-state index in [1.54, 1.807) is 76.5 Å². The van der Waals surface area contributed by atoms with Crippen molar-refractivity contribution in [3.63, 3.8) is 0 Å². The Morgan fingerprint density at radius 2 is 2.18 bits per heavy atom. The summed E-state index contributed by atoms with van der Waals surface area (Å²) in [5, 5.41) is 6.11. The Labute approximate surface area is 226 Å². The number of nitrogens with one attached hydrogen (secondary N) is 4. The van der Waals surface area contributed by atoms with Crippen molar-refractivity contribution in [1.29, 1.82) is 0 Å². The summed E-state index contributed by atoms with van der Waals surface area (Å²) in [5.41, 5.74) is 3.11. The number of hydrogen-bond donors (Lipinski definition) is 4. The van der Waals surface area contributed by atoms with E-state index in [1.807, 2.05) is 0 Å². The van der Waals surface area contributed by atoms with Gasteiger partial charge in [-0.15, -0.1) is 0 Å². The van der Waals surface area contributed by atoms with Gasteiger partial charge in [0.05, 0.1) is 0 Å². The van der Waals surface area contributed by atoms with Gasteiger partial charge in [0, 0.05) is 0 Å². The van der Waals surface area contributed by atoms with Gasteiger partial charge in [0.2, 0.25) is 0 Å². The third-order valence-corrected chi connectivity index (χ3v) is 9.18. The van der Waals surface area contributed by atoms with E-state index >= 15 is 0 Å². The van der Waals surface area contributed by atoms with E-state index in [4.69, 9.17) is 7.80 Å². The number of anilines is 2. The van der Waals surface area contributed by atoms with Crippen LogP contribution in [-0.2, 0) is 6.42 Å². The van der Waals surface area contributed by atoms with Gasteiger partial charge in [-0.2, -0.15) is 0 Å². The Kier molecular flexibility index (Phi) is 7.77. The molecule has 0 saturated carbocycles. The Morgan fingerprint density at radius 3 is 2.91 bits per heavy atom. The van der Waals surface area contributed by atoms with Gasteiger partial charge in [-0.05, 0) is 0 Å². The van der Waals surface area contributed by atoms with Crippen LogP contribution in [-0.4, -0.2) is 30.9 Å². The van der Waals surface area contributed by atoms with Crippen LogP contribution in [0.2, 0.25) is 0 Å². The predicted molar refractivity (Wildman–Crippen MR) is 132 cm³/mol. The second kappa shape index (κ2) is 10.6. The van der Waals surface area contributed by atoms with E-state index in [0.717, 1.165) is 0 Å². The maximum atomic E-state index is 14.3. The molecule has 4 rings (SSSR count). The number of hydrogen-bond acceptors (Lipinski definition) is 6. The fraction of sp³-hybridized carbons (Fsp3) is 0.150. The minimum absolute atomic E-state index is 0.0252. The molecule has 1 aromatic carbocycles. The van der Waals surface area contributed by atoms with Gasteiger partial charge >= 0.3 is 228 Å². The van der Waals surface area contributed by atoms with E-state index in [-0.39, 0.29) is 19.6 Å². The van der Waals surface area contributed by atoms with Crippen LogP contribution in [0.15, 0.2) is 36.7 Å². The van der Waals surface area contributed by atoms with E-state index in [2.05, 4.69) is 24.1 Å². The molecule has 1 aliphatic rings. The molecule has 0 saturated heterocycles. The molecule has 0 bridgehead atoms. The molecule has 0 aliphatic carbocycles. The van der Waals surface area contributed by atoms with Crippen molar-refractivity contribution in [2.24, 2.45) is 0 Å². The van der Waals surface area contributed by atoms with Crippen molar-refractivity contribution >= 4 is 67.1 Å². The summed E-state index contributed by atoms with van der Waals surface area (Å²) in [4.78, 5) is 32.5. The number of carbonyl (C=O) groups excluding carboxylic acids is 2. The molecule has 3 heterocycles. The van der Waals surface area contributed by atoms with Gasteiger partial charge in [0.15, 0.2) is 0 Å². The summed E-state index contributed by atoms with van der Waals surface area (Å²) in [6.07, 6.45) is 3.63. The van der Waals surface area contributed by atoms with Crippen LogP contribution >= 0.6 is 45.9 Å². The maximum absolute atomic E-state index is 14.3. The van der Waals surface area contributed by atoms with Crippen LogP contribution < -0.4 is 43.2 Å². The molecule has 0 unspecified atom stereocenters. The fourth-order valence-corrected chi connectivity index (χ4v) is 6.57. The molecule has 4 N–H and O–H groups in total. The number of methoxy groups -OCH3 is 1. The molecular weight excluding hydrogens is 774 g/mol. The van der Waals surface area contributed by atoms with Crippen LogP contribution in [0.1, 0.15) is 16.1 Å². The number of rotatable bonds is 7.